The molecule has 0 aliphatic rings. The van der Waals surface area contributed by atoms with Crippen LogP contribution < -0.4 is 0 Å². The van der Waals surface area contributed by atoms with E-state index >= 15 is 0 Å². The van der Waals surface area contributed by atoms with E-state index in [9.17, 15) is 4.79 Å². The number of hydrogen-bond donors (Lipinski definition) is 1. The molecule has 0 aromatic rings. The zero-order valence-corrected chi connectivity index (χ0v) is 10.8. The van der Waals surface area contributed by atoms with Crippen LogP contribution in [-0.4, -0.2) is 22.1 Å². The van der Waals surface area contributed by atoms with Gasteiger partial charge in [0.1, 0.15) is 0 Å². The predicted octanol–water partition coefficient (Wildman–Crippen LogP) is 3.72. The van der Waals surface area contributed by atoms with Gasteiger partial charge in [-0.15, -0.1) is 0 Å². The van der Waals surface area contributed by atoms with Crippen LogP contribution in [0, 0.1) is 0 Å². The molecule has 0 aliphatic heterocycles. The maximum atomic E-state index is 10.6. The van der Waals surface area contributed by atoms with Crippen molar-refractivity contribution in [3.8, 4) is 0 Å². The van der Waals surface area contributed by atoms with E-state index in [-0.39, 0.29) is 0 Å². The fourth-order valence-electron chi connectivity index (χ4n) is 1.27. The Morgan fingerprint density at radius 3 is 2.60 bits per heavy atom. The number of hydrogen-bond acceptors (Lipinski definition) is 2. The van der Waals surface area contributed by atoms with E-state index in [0.29, 0.717) is 10.8 Å². The number of carboxylic acid groups (broad SMARTS) is 1. The quantitative estimate of drug-likeness (QED) is 0.510. The first-order chi connectivity index (χ1) is 7.07. The van der Waals surface area contributed by atoms with Crippen LogP contribution in [0.2, 0.25) is 0 Å². The van der Waals surface area contributed by atoms with Crippen LogP contribution in [0.1, 0.15) is 46.5 Å². The fraction of sp³-hybridized carbons (Fsp3) is 0.750. The minimum atomic E-state index is -0.812. The number of carboxylic acids is 1. The van der Waals surface area contributed by atoms with E-state index in [2.05, 4.69) is 13.8 Å². The summed E-state index contributed by atoms with van der Waals surface area (Å²) in [6, 6.07) is 0. The maximum Gasteiger partial charge on any atom is 0.330 e. The summed E-state index contributed by atoms with van der Waals surface area (Å²) in [7, 11) is 0. The van der Waals surface area contributed by atoms with Crippen LogP contribution in [0.3, 0.4) is 0 Å². The van der Waals surface area contributed by atoms with Crippen molar-refractivity contribution in [2.75, 3.05) is 5.75 Å². The molecule has 88 valence electrons. The lowest BCUT2D eigenvalue weighted by atomic mass is 10.2. The summed E-state index contributed by atoms with van der Waals surface area (Å²) in [5, 5.41) is 9.00. The highest BCUT2D eigenvalue weighted by Crippen LogP contribution is 2.16. The molecule has 0 bridgehead atoms. The summed E-state index contributed by atoms with van der Waals surface area (Å²) in [6.07, 6.45) is 6.92. The molecule has 15 heavy (non-hydrogen) atoms. The molecule has 0 rings (SSSR count). The molecule has 1 atom stereocenters. The predicted molar refractivity (Wildman–Crippen MR) is 67.5 cm³/mol. The van der Waals surface area contributed by atoms with Crippen LogP contribution in [0.15, 0.2) is 11.6 Å². The SMILES string of the molecule is CCCCCCSC(C)C=C(C)C(=O)O. The van der Waals surface area contributed by atoms with Crippen molar-refractivity contribution >= 4 is 17.7 Å². The minimum Gasteiger partial charge on any atom is -0.478 e. The third-order valence-electron chi connectivity index (χ3n) is 2.20. The van der Waals surface area contributed by atoms with Crippen LogP contribution in [0.5, 0.6) is 0 Å². The zero-order chi connectivity index (χ0) is 11.7. The Morgan fingerprint density at radius 1 is 1.40 bits per heavy atom. The Kier molecular flexibility index (Phi) is 8.58. The summed E-state index contributed by atoms with van der Waals surface area (Å²) in [5.41, 5.74) is 0.448. The van der Waals surface area contributed by atoms with Crippen molar-refractivity contribution in [1.29, 1.82) is 0 Å². The van der Waals surface area contributed by atoms with Gasteiger partial charge in [0.15, 0.2) is 0 Å². The lowest BCUT2D eigenvalue weighted by Crippen LogP contribution is -2.01. The first kappa shape index (κ1) is 14.6. The maximum absolute atomic E-state index is 10.6. The molecule has 0 radical (unpaired) electrons. The monoisotopic (exact) mass is 230 g/mol. The summed E-state index contributed by atoms with van der Waals surface area (Å²) in [6.45, 7) is 5.90. The third kappa shape index (κ3) is 8.55. The van der Waals surface area contributed by atoms with Crippen LogP contribution >= 0.6 is 11.8 Å². The summed E-state index contributed by atoms with van der Waals surface area (Å²) in [5.74, 6) is 0.318. The van der Waals surface area contributed by atoms with Crippen molar-refractivity contribution in [1.82, 2.24) is 0 Å². The number of rotatable bonds is 8. The molecule has 1 N–H and O–H groups in total. The highest BCUT2D eigenvalue weighted by atomic mass is 32.2. The number of unbranched alkanes of at least 4 members (excludes halogenated alkanes) is 3. The molecule has 0 aromatic heterocycles. The van der Waals surface area contributed by atoms with Gasteiger partial charge in [-0.25, -0.2) is 4.79 Å². The second-order valence-corrected chi connectivity index (χ2v) is 5.28. The van der Waals surface area contributed by atoms with Crippen LogP contribution in [0.25, 0.3) is 0 Å². The highest BCUT2D eigenvalue weighted by Gasteiger charge is 2.03. The van der Waals surface area contributed by atoms with Crippen molar-refractivity contribution in [2.24, 2.45) is 0 Å². The van der Waals surface area contributed by atoms with E-state index in [0.717, 1.165) is 5.75 Å². The molecule has 0 aromatic carbocycles. The van der Waals surface area contributed by atoms with E-state index in [4.69, 9.17) is 5.11 Å². The topological polar surface area (TPSA) is 37.3 Å². The number of aliphatic carboxylic acids is 1. The van der Waals surface area contributed by atoms with Gasteiger partial charge in [-0.2, -0.15) is 11.8 Å². The first-order valence-electron chi connectivity index (χ1n) is 5.61. The number of thioether (sulfide) groups is 1. The van der Waals surface area contributed by atoms with Gasteiger partial charge >= 0.3 is 5.97 Å². The second kappa shape index (κ2) is 8.84. The fourth-order valence-corrected chi connectivity index (χ4v) is 2.31. The Bertz CT molecular complexity index is 212. The standard InChI is InChI=1S/C12H22O2S/c1-4-5-6-7-8-15-11(3)9-10(2)12(13)14/h9,11H,4-8H2,1-3H3,(H,13,14). The van der Waals surface area contributed by atoms with Crippen molar-refractivity contribution < 1.29 is 9.90 Å². The van der Waals surface area contributed by atoms with E-state index in [1.165, 1.54) is 25.7 Å². The highest BCUT2D eigenvalue weighted by molar-refractivity contribution is 8.00. The summed E-state index contributed by atoms with van der Waals surface area (Å²) < 4.78 is 0. The average molecular weight is 230 g/mol. The largest absolute Gasteiger partial charge is 0.478 e. The van der Waals surface area contributed by atoms with Gasteiger partial charge in [0.05, 0.1) is 0 Å². The Balaban J connectivity index is 3.61. The molecule has 3 heteroatoms. The molecule has 0 spiro atoms. The average Bonchev–Trinajstić information content (AvgIpc) is 2.17. The Hall–Kier alpha value is -0.440. The zero-order valence-electron chi connectivity index (χ0n) is 9.95. The normalized spacial score (nSPS) is 13.9. The molecule has 0 fully saturated rings. The third-order valence-corrected chi connectivity index (χ3v) is 3.39. The molecule has 0 saturated heterocycles. The molecule has 0 heterocycles. The van der Waals surface area contributed by atoms with E-state index < -0.39 is 5.97 Å². The van der Waals surface area contributed by atoms with Crippen LogP contribution in [0.4, 0.5) is 0 Å². The number of carbonyl (C=O) groups is 1. The molecule has 1 unspecified atom stereocenters. The second-order valence-electron chi connectivity index (χ2n) is 3.79. The van der Waals surface area contributed by atoms with Gasteiger partial charge in [-0.3, -0.25) is 0 Å². The molecule has 0 saturated carbocycles. The summed E-state index contributed by atoms with van der Waals surface area (Å²) >= 11 is 1.83. The summed E-state index contributed by atoms with van der Waals surface area (Å²) in [4.78, 5) is 10.6. The van der Waals surface area contributed by atoms with Crippen molar-refractivity contribution in [3.05, 3.63) is 11.6 Å². The van der Waals surface area contributed by atoms with Gasteiger partial charge in [0.25, 0.3) is 0 Å². The van der Waals surface area contributed by atoms with E-state index in [1.807, 2.05) is 17.8 Å². The Labute approximate surface area is 97.1 Å². The molecular weight excluding hydrogens is 208 g/mol. The van der Waals surface area contributed by atoms with Gasteiger partial charge in [-0.1, -0.05) is 32.3 Å². The first-order valence-corrected chi connectivity index (χ1v) is 6.66. The molecule has 2 nitrogen and oxygen atoms in total. The van der Waals surface area contributed by atoms with Gasteiger partial charge < -0.3 is 5.11 Å². The van der Waals surface area contributed by atoms with Gasteiger partial charge in [0.2, 0.25) is 0 Å². The van der Waals surface area contributed by atoms with Crippen molar-refractivity contribution in [3.63, 3.8) is 0 Å². The Morgan fingerprint density at radius 2 is 2.07 bits per heavy atom. The smallest absolute Gasteiger partial charge is 0.330 e. The lowest BCUT2D eigenvalue weighted by Gasteiger charge is -2.06. The lowest BCUT2D eigenvalue weighted by molar-refractivity contribution is -0.132. The van der Waals surface area contributed by atoms with E-state index in [1.54, 1.807) is 6.92 Å². The molecule has 0 aliphatic carbocycles. The minimum absolute atomic E-state index is 0.308. The van der Waals surface area contributed by atoms with Crippen LogP contribution in [-0.2, 0) is 4.79 Å². The van der Waals surface area contributed by atoms with Gasteiger partial charge in [0, 0.05) is 10.8 Å². The molecular formula is C12H22O2S. The molecule has 0 amide bonds. The van der Waals surface area contributed by atoms with Gasteiger partial charge in [-0.05, 0) is 26.0 Å². The van der Waals surface area contributed by atoms with Crippen molar-refractivity contribution in [2.45, 2.75) is 51.7 Å².